The monoisotopic (exact) mass is 262 g/mol. The summed E-state index contributed by atoms with van der Waals surface area (Å²) >= 11 is 3.26. The van der Waals surface area contributed by atoms with Crippen LogP contribution in [0.5, 0.6) is 5.75 Å². The van der Waals surface area contributed by atoms with E-state index in [4.69, 9.17) is 10.00 Å². The first-order chi connectivity index (χ1) is 8.33. The summed E-state index contributed by atoms with van der Waals surface area (Å²) in [4.78, 5) is 4.21. The van der Waals surface area contributed by atoms with E-state index in [-0.39, 0.29) is 0 Å². The van der Waals surface area contributed by atoms with Crippen molar-refractivity contribution in [1.82, 2.24) is 4.98 Å². The molecule has 0 atom stereocenters. The maximum atomic E-state index is 8.87. The molecule has 0 saturated carbocycles. The zero-order valence-corrected chi connectivity index (χ0v) is 10.8. The van der Waals surface area contributed by atoms with Crippen molar-refractivity contribution in [3.63, 3.8) is 0 Å². The second kappa shape index (κ2) is 5.71. The van der Waals surface area contributed by atoms with Gasteiger partial charge in [-0.15, -0.1) is 11.3 Å². The zero-order valence-electron chi connectivity index (χ0n) is 9.21. The second-order valence-corrected chi connectivity index (χ2v) is 5.34. The number of ether oxygens (including phenoxy) is 1. The van der Waals surface area contributed by atoms with E-state index in [0.717, 1.165) is 21.4 Å². The Bertz CT molecular complexity index is 532. The number of rotatable bonds is 4. The molecule has 0 amide bonds. The molecule has 1 heterocycles. The molecule has 0 aliphatic carbocycles. The van der Waals surface area contributed by atoms with Crippen LogP contribution in [0.25, 0.3) is 0 Å². The van der Waals surface area contributed by atoms with Gasteiger partial charge in [0.1, 0.15) is 10.1 Å². The Morgan fingerprint density at radius 1 is 1.53 bits per heavy atom. The number of hydrogen-bond acceptors (Lipinski definition) is 5. The molecule has 0 spiro atoms. The van der Waals surface area contributed by atoms with Crippen molar-refractivity contribution in [2.45, 2.75) is 10.1 Å². The lowest BCUT2D eigenvalue weighted by atomic mass is 10.1. The predicted octanol–water partition coefficient (Wildman–Crippen LogP) is 3.32. The van der Waals surface area contributed by atoms with Crippen LogP contribution in [0.3, 0.4) is 0 Å². The molecule has 0 aliphatic heterocycles. The van der Waals surface area contributed by atoms with Gasteiger partial charge in [-0.25, -0.2) is 4.98 Å². The summed E-state index contributed by atoms with van der Waals surface area (Å²) in [6.45, 7) is 0. The largest absolute Gasteiger partial charge is 0.496 e. The van der Waals surface area contributed by atoms with Crippen molar-refractivity contribution in [3.8, 4) is 11.8 Å². The number of thioether (sulfide) groups is 1. The van der Waals surface area contributed by atoms with E-state index >= 15 is 0 Å². The quantitative estimate of drug-likeness (QED) is 0.793. The zero-order chi connectivity index (χ0) is 12.1. The normalized spacial score (nSPS) is 9.88. The number of methoxy groups -OCH3 is 1. The van der Waals surface area contributed by atoms with Gasteiger partial charge >= 0.3 is 0 Å². The van der Waals surface area contributed by atoms with Gasteiger partial charge in [0.25, 0.3) is 0 Å². The number of nitriles is 1. The lowest BCUT2D eigenvalue weighted by Crippen LogP contribution is -1.91. The number of hydrogen-bond donors (Lipinski definition) is 0. The predicted molar refractivity (Wildman–Crippen MR) is 69.4 cm³/mol. The van der Waals surface area contributed by atoms with Gasteiger partial charge < -0.3 is 4.74 Å². The van der Waals surface area contributed by atoms with Crippen molar-refractivity contribution in [3.05, 3.63) is 40.9 Å². The van der Waals surface area contributed by atoms with Crippen LogP contribution in [-0.4, -0.2) is 12.1 Å². The topological polar surface area (TPSA) is 45.9 Å². The van der Waals surface area contributed by atoms with E-state index in [1.165, 1.54) is 0 Å². The van der Waals surface area contributed by atoms with Gasteiger partial charge in [-0.1, -0.05) is 11.8 Å². The average Bonchev–Trinajstić information content (AvgIpc) is 2.89. The molecule has 0 bridgehead atoms. The first-order valence-electron chi connectivity index (χ1n) is 4.93. The van der Waals surface area contributed by atoms with Gasteiger partial charge in [0.2, 0.25) is 0 Å². The smallest absolute Gasteiger partial charge is 0.150 e. The Labute approximate surface area is 108 Å². The fourth-order valence-corrected chi connectivity index (χ4v) is 3.00. The molecule has 1 aromatic carbocycles. The van der Waals surface area contributed by atoms with E-state index in [2.05, 4.69) is 11.1 Å². The van der Waals surface area contributed by atoms with E-state index in [1.807, 2.05) is 17.5 Å². The molecule has 1 aromatic heterocycles. The average molecular weight is 262 g/mol. The standard InChI is InChI=1S/C12H10N2OS2/c1-15-11-3-2-9(7-13)6-10(11)8-17-12-14-4-5-16-12/h2-6H,8H2,1H3. The van der Waals surface area contributed by atoms with E-state index in [1.54, 1.807) is 42.5 Å². The molecule has 0 radical (unpaired) electrons. The number of thiazole rings is 1. The third-order valence-electron chi connectivity index (χ3n) is 2.17. The van der Waals surface area contributed by atoms with Gasteiger partial charge in [-0.2, -0.15) is 5.26 Å². The number of aromatic nitrogens is 1. The molecule has 2 rings (SSSR count). The summed E-state index contributed by atoms with van der Waals surface area (Å²) < 4.78 is 6.30. The fourth-order valence-electron chi connectivity index (χ4n) is 1.38. The maximum absolute atomic E-state index is 8.87. The Morgan fingerprint density at radius 3 is 3.06 bits per heavy atom. The van der Waals surface area contributed by atoms with Crippen molar-refractivity contribution in [1.29, 1.82) is 5.26 Å². The minimum atomic E-state index is 0.653. The number of nitrogens with zero attached hydrogens (tertiary/aromatic N) is 2. The van der Waals surface area contributed by atoms with Crippen LogP contribution in [0.4, 0.5) is 0 Å². The van der Waals surface area contributed by atoms with Gasteiger partial charge in [-0.3, -0.25) is 0 Å². The lowest BCUT2D eigenvalue weighted by Gasteiger charge is -2.07. The van der Waals surface area contributed by atoms with Gasteiger partial charge in [-0.05, 0) is 18.2 Å². The summed E-state index contributed by atoms with van der Waals surface area (Å²) in [5.74, 6) is 1.57. The third kappa shape index (κ3) is 2.99. The molecule has 0 aliphatic rings. The highest BCUT2D eigenvalue weighted by Gasteiger charge is 2.06. The molecule has 0 unspecified atom stereocenters. The Kier molecular flexibility index (Phi) is 4.02. The lowest BCUT2D eigenvalue weighted by molar-refractivity contribution is 0.411. The molecule has 0 saturated heterocycles. The molecular weight excluding hydrogens is 252 g/mol. The van der Waals surface area contributed by atoms with Crippen molar-refractivity contribution < 1.29 is 4.74 Å². The number of benzene rings is 1. The molecule has 17 heavy (non-hydrogen) atoms. The summed E-state index contributed by atoms with van der Waals surface area (Å²) in [5.41, 5.74) is 1.67. The van der Waals surface area contributed by atoms with Crippen LogP contribution in [0, 0.1) is 11.3 Å². The maximum Gasteiger partial charge on any atom is 0.150 e. The summed E-state index contributed by atoms with van der Waals surface area (Å²) in [7, 11) is 1.64. The van der Waals surface area contributed by atoms with Crippen LogP contribution < -0.4 is 4.74 Å². The highest BCUT2D eigenvalue weighted by Crippen LogP contribution is 2.29. The second-order valence-electron chi connectivity index (χ2n) is 3.23. The van der Waals surface area contributed by atoms with Gasteiger partial charge in [0.15, 0.2) is 0 Å². The molecular formula is C12H10N2OS2. The van der Waals surface area contributed by atoms with E-state index in [0.29, 0.717) is 5.56 Å². The highest BCUT2D eigenvalue weighted by atomic mass is 32.2. The minimum absolute atomic E-state index is 0.653. The first-order valence-corrected chi connectivity index (χ1v) is 6.79. The van der Waals surface area contributed by atoms with Crippen LogP contribution in [0.2, 0.25) is 0 Å². The van der Waals surface area contributed by atoms with E-state index < -0.39 is 0 Å². The molecule has 5 heteroatoms. The van der Waals surface area contributed by atoms with Crippen LogP contribution in [0.15, 0.2) is 34.1 Å². The van der Waals surface area contributed by atoms with Crippen molar-refractivity contribution in [2.24, 2.45) is 0 Å². The SMILES string of the molecule is COc1ccc(C#N)cc1CSc1nccs1. The summed E-state index contributed by atoms with van der Waals surface area (Å²) in [6.07, 6.45) is 1.79. The Morgan fingerprint density at radius 2 is 2.41 bits per heavy atom. The van der Waals surface area contributed by atoms with Gasteiger partial charge in [0, 0.05) is 22.9 Å². The van der Waals surface area contributed by atoms with E-state index in [9.17, 15) is 0 Å². The molecule has 2 aromatic rings. The molecule has 86 valence electrons. The third-order valence-corrected chi connectivity index (χ3v) is 4.19. The molecule has 0 N–H and O–H groups in total. The van der Waals surface area contributed by atoms with Crippen molar-refractivity contribution in [2.75, 3.05) is 7.11 Å². The van der Waals surface area contributed by atoms with Crippen LogP contribution >= 0.6 is 23.1 Å². The molecule has 3 nitrogen and oxygen atoms in total. The van der Waals surface area contributed by atoms with Crippen molar-refractivity contribution >= 4 is 23.1 Å². The summed E-state index contributed by atoms with van der Waals surface area (Å²) in [6, 6.07) is 7.58. The van der Waals surface area contributed by atoms with Crippen LogP contribution in [-0.2, 0) is 5.75 Å². The van der Waals surface area contributed by atoms with Gasteiger partial charge in [0.05, 0.1) is 18.7 Å². The fraction of sp³-hybridized carbons (Fsp3) is 0.167. The Balaban J connectivity index is 2.16. The Hall–Kier alpha value is -1.51. The highest BCUT2D eigenvalue weighted by molar-refractivity contribution is 8.00. The van der Waals surface area contributed by atoms with Crippen LogP contribution in [0.1, 0.15) is 11.1 Å². The first kappa shape index (κ1) is 12.0. The molecule has 0 fully saturated rings. The minimum Gasteiger partial charge on any atom is -0.496 e. The summed E-state index contributed by atoms with van der Waals surface area (Å²) in [5, 5.41) is 10.8.